The molecule has 0 spiro atoms. The Hall–Kier alpha value is -2.12. The van der Waals surface area contributed by atoms with E-state index in [1.54, 1.807) is 6.92 Å². The van der Waals surface area contributed by atoms with Crippen molar-refractivity contribution >= 4 is 17.5 Å². The Balaban J connectivity index is 1.37. The summed E-state index contributed by atoms with van der Waals surface area (Å²) in [6, 6.07) is 16.1. The summed E-state index contributed by atoms with van der Waals surface area (Å²) >= 11 is 6.32. The second kappa shape index (κ2) is 11.3. The van der Waals surface area contributed by atoms with Gasteiger partial charge in [0.2, 0.25) is 5.91 Å². The molecule has 0 aliphatic carbocycles. The Kier molecular flexibility index (Phi) is 8.25. The Bertz CT molecular complexity index is 918. The molecule has 4 rings (SSSR count). The molecule has 7 heteroatoms. The van der Waals surface area contributed by atoms with Crippen LogP contribution >= 0.6 is 11.6 Å². The summed E-state index contributed by atoms with van der Waals surface area (Å²) in [7, 11) is 0. The lowest BCUT2D eigenvalue weighted by Gasteiger charge is -2.40. The van der Waals surface area contributed by atoms with Gasteiger partial charge in [0.15, 0.2) is 0 Å². The molecule has 0 bridgehead atoms. The molecule has 2 aliphatic heterocycles. The topological polar surface area (TPSA) is 56.3 Å². The number of amides is 1. The molecule has 2 heterocycles. The zero-order valence-corrected chi connectivity index (χ0v) is 20.1. The first-order chi connectivity index (χ1) is 16.0. The molecule has 6 nitrogen and oxygen atoms in total. The second-order valence-electron chi connectivity index (χ2n) is 9.06. The molecule has 0 radical (unpaired) electrons. The number of piperazine rings is 1. The average molecular weight is 472 g/mol. The smallest absolute Gasteiger partial charge is 0.219 e. The molecule has 0 saturated carbocycles. The van der Waals surface area contributed by atoms with Gasteiger partial charge in [-0.25, -0.2) is 0 Å². The minimum Gasteiger partial charge on any atom is -0.489 e. The first-order valence-corrected chi connectivity index (χ1v) is 12.2. The van der Waals surface area contributed by atoms with Gasteiger partial charge in [-0.3, -0.25) is 14.6 Å². The highest BCUT2D eigenvalue weighted by atomic mass is 35.5. The van der Waals surface area contributed by atoms with Crippen LogP contribution in [0.2, 0.25) is 5.02 Å². The first kappa shape index (κ1) is 24.0. The standard InChI is InChI=1S/C26H34ClN3O3/c1-20(31)29-13-15-30(16-14-29)24-9-11-28(12-10-25(24)32)18-22-17-23(27)7-8-26(22)33-19-21-5-3-2-4-6-21/h2-8,17,24-25,32H,9-16,18-19H2,1H3/t24-,25-/m0/s1. The Morgan fingerprint density at radius 2 is 1.76 bits per heavy atom. The molecule has 1 N–H and O–H groups in total. The molecule has 2 atom stereocenters. The van der Waals surface area contributed by atoms with Crippen LogP contribution in [0.3, 0.4) is 0 Å². The predicted octanol–water partition coefficient (Wildman–Crippen LogP) is 3.41. The molecular formula is C26H34ClN3O3. The van der Waals surface area contributed by atoms with Gasteiger partial charge in [-0.2, -0.15) is 0 Å². The predicted molar refractivity (Wildman–Crippen MR) is 130 cm³/mol. The van der Waals surface area contributed by atoms with Crippen LogP contribution in [0.4, 0.5) is 0 Å². The highest BCUT2D eigenvalue weighted by Gasteiger charge is 2.32. The summed E-state index contributed by atoms with van der Waals surface area (Å²) in [4.78, 5) is 18.3. The molecule has 2 saturated heterocycles. The van der Waals surface area contributed by atoms with E-state index in [0.717, 1.165) is 75.5 Å². The molecule has 2 aromatic carbocycles. The molecule has 0 unspecified atom stereocenters. The van der Waals surface area contributed by atoms with Crippen molar-refractivity contribution in [3.8, 4) is 5.75 Å². The Morgan fingerprint density at radius 1 is 1.03 bits per heavy atom. The van der Waals surface area contributed by atoms with Gasteiger partial charge < -0.3 is 14.7 Å². The van der Waals surface area contributed by atoms with E-state index in [-0.39, 0.29) is 18.1 Å². The minimum atomic E-state index is -0.355. The molecule has 2 aromatic rings. The largest absolute Gasteiger partial charge is 0.489 e. The third-order valence-electron chi connectivity index (χ3n) is 6.81. The molecule has 0 aromatic heterocycles. The van der Waals surface area contributed by atoms with Gasteiger partial charge in [-0.15, -0.1) is 0 Å². The number of ether oxygens (including phenoxy) is 1. The van der Waals surface area contributed by atoms with Gasteiger partial charge in [-0.05, 0) is 36.6 Å². The summed E-state index contributed by atoms with van der Waals surface area (Å²) < 4.78 is 6.14. The van der Waals surface area contributed by atoms with Crippen molar-refractivity contribution in [1.82, 2.24) is 14.7 Å². The summed E-state index contributed by atoms with van der Waals surface area (Å²) in [5, 5.41) is 11.6. The summed E-state index contributed by atoms with van der Waals surface area (Å²) in [5.74, 6) is 0.985. The average Bonchev–Trinajstić information content (AvgIpc) is 3.00. The maximum Gasteiger partial charge on any atom is 0.219 e. The fraction of sp³-hybridized carbons (Fsp3) is 0.500. The first-order valence-electron chi connectivity index (χ1n) is 11.8. The van der Waals surface area contributed by atoms with Gasteiger partial charge in [-0.1, -0.05) is 41.9 Å². The van der Waals surface area contributed by atoms with Crippen molar-refractivity contribution in [2.45, 2.75) is 45.1 Å². The minimum absolute atomic E-state index is 0.133. The van der Waals surface area contributed by atoms with Crippen LogP contribution in [-0.4, -0.2) is 77.1 Å². The van der Waals surface area contributed by atoms with Gasteiger partial charge >= 0.3 is 0 Å². The maximum absolute atomic E-state index is 11.6. The van der Waals surface area contributed by atoms with E-state index < -0.39 is 0 Å². The van der Waals surface area contributed by atoms with E-state index in [0.29, 0.717) is 11.6 Å². The van der Waals surface area contributed by atoms with Gasteiger partial charge in [0, 0.05) is 69.4 Å². The number of aliphatic hydroxyl groups excluding tert-OH is 1. The number of benzene rings is 2. The number of halogens is 1. The molecule has 33 heavy (non-hydrogen) atoms. The van der Waals surface area contributed by atoms with Crippen molar-refractivity contribution in [2.75, 3.05) is 39.3 Å². The van der Waals surface area contributed by atoms with Crippen LogP contribution < -0.4 is 4.74 Å². The van der Waals surface area contributed by atoms with E-state index in [9.17, 15) is 9.90 Å². The zero-order valence-electron chi connectivity index (χ0n) is 19.3. The molecular weight excluding hydrogens is 438 g/mol. The van der Waals surface area contributed by atoms with E-state index >= 15 is 0 Å². The fourth-order valence-corrected chi connectivity index (χ4v) is 5.06. The lowest BCUT2D eigenvalue weighted by molar-refractivity contribution is -0.131. The lowest BCUT2D eigenvalue weighted by Crippen LogP contribution is -2.54. The van der Waals surface area contributed by atoms with Crippen molar-refractivity contribution in [3.05, 3.63) is 64.7 Å². The number of nitrogens with zero attached hydrogens (tertiary/aromatic N) is 3. The third-order valence-corrected chi connectivity index (χ3v) is 7.04. The van der Waals surface area contributed by atoms with Crippen LogP contribution in [-0.2, 0) is 17.9 Å². The van der Waals surface area contributed by atoms with Crippen molar-refractivity contribution in [1.29, 1.82) is 0 Å². The molecule has 2 aliphatic rings. The number of hydrogen-bond donors (Lipinski definition) is 1. The number of rotatable bonds is 6. The lowest BCUT2D eigenvalue weighted by atomic mass is 10.0. The quantitative estimate of drug-likeness (QED) is 0.699. The molecule has 2 fully saturated rings. The van der Waals surface area contributed by atoms with Crippen LogP contribution in [0.5, 0.6) is 5.75 Å². The summed E-state index contributed by atoms with van der Waals surface area (Å²) in [6.45, 7) is 7.75. The monoisotopic (exact) mass is 471 g/mol. The Morgan fingerprint density at radius 3 is 2.48 bits per heavy atom. The number of carbonyl (C=O) groups excluding carboxylic acids is 1. The Labute approximate surface area is 201 Å². The number of aliphatic hydroxyl groups is 1. The van der Waals surface area contributed by atoms with E-state index in [1.165, 1.54) is 0 Å². The third kappa shape index (κ3) is 6.48. The van der Waals surface area contributed by atoms with Crippen LogP contribution in [0, 0.1) is 0 Å². The van der Waals surface area contributed by atoms with Crippen molar-refractivity contribution < 1.29 is 14.6 Å². The normalized spacial score (nSPS) is 22.7. The highest BCUT2D eigenvalue weighted by Crippen LogP contribution is 2.27. The number of hydrogen-bond acceptors (Lipinski definition) is 5. The fourth-order valence-electron chi connectivity index (χ4n) is 4.87. The van der Waals surface area contributed by atoms with Gasteiger partial charge in [0.1, 0.15) is 12.4 Å². The van der Waals surface area contributed by atoms with E-state index in [1.807, 2.05) is 41.3 Å². The number of carbonyl (C=O) groups is 1. The molecule has 1 amide bonds. The van der Waals surface area contributed by atoms with E-state index in [2.05, 4.69) is 21.9 Å². The SMILES string of the molecule is CC(=O)N1CCN([C@H]2CCN(Cc3cc(Cl)ccc3OCc3ccccc3)CC[C@@H]2O)CC1. The van der Waals surface area contributed by atoms with Crippen LogP contribution in [0.1, 0.15) is 30.9 Å². The summed E-state index contributed by atoms with van der Waals surface area (Å²) in [5.41, 5.74) is 2.20. The van der Waals surface area contributed by atoms with Crippen molar-refractivity contribution in [3.63, 3.8) is 0 Å². The van der Waals surface area contributed by atoms with Crippen LogP contribution in [0.15, 0.2) is 48.5 Å². The van der Waals surface area contributed by atoms with Crippen molar-refractivity contribution in [2.24, 2.45) is 0 Å². The molecule has 178 valence electrons. The number of likely N-dealkylation sites (tertiary alicyclic amines) is 1. The van der Waals surface area contributed by atoms with Crippen LogP contribution in [0.25, 0.3) is 0 Å². The van der Waals surface area contributed by atoms with Gasteiger partial charge in [0.25, 0.3) is 0 Å². The van der Waals surface area contributed by atoms with Gasteiger partial charge in [0.05, 0.1) is 6.10 Å². The summed E-state index contributed by atoms with van der Waals surface area (Å²) in [6.07, 6.45) is 1.28. The highest BCUT2D eigenvalue weighted by molar-refractivity contribution is 6.30. The zero-order chi connectivity index (χ0) is 23.2. The second-order valence-corrected chi connectivity index (χ2v) is 9.49. The van der Waals surface area contributed by atoms with E-state index in [4.69, 9.17) is 16.3 Å². The maximum atomic E-state index is 11.6.